The molecule has 0 atom stereocenters. The fourth-order valence-electron chi connectivity index (χ4n) is 1.12. The first-order chi connectivity index (χ1) is 5.66. The Labute approximate surface area is 75.4 Å². The molecule has 2 radical (unpaired) electrons. The molecule has 3 nitrogen and oxygen atoms in total. The Bertz CT molecular complexity index is 443. The van der Waals surface area contributed by atoms with E-state index in [0.717, 1.165) is 11.0 Å². The van der Waals surface area contributed by atoms with Gasteiger partial charge in [-0.2, -0.15) is 0 Å². The lowest BCUT2D eigenvalue weighted by Crippen LogP contribution is -2.08. The van der Waals surface area contributed by atoms with Crippen molar-refractivity contribution in [3.63, 3.8) is 0 Å². The first-order valence-corrected chi connectivity index (χ1v) is 3.84. The van der Waals surface area contributed by atoms with Gasteiger partial charge in [-0.3, -0.25) is 0 Å². The van der Waals surface area contributed by atoms with Gasteiger partial charge >= 0.3 is 0 Å². The fourth-order valence-corrected chi connectivity index (χ4v) is 1.34. The van der Waals surface area contributed by atoms with Crippen molar-refractivity contribution in [1.82, 2.24) is 9.97 Å². The molecule has 5 heteroatoms. The van der Waals surface area contributed by atoms with Crippen molar-refractivity contribution in [2.24, 2.45) is 0 Å². The van der Waals surface area contributed by atoms with Gasteiger partial charge in [0.2, 0.25) is 0 Å². The Morgan fingerprint density at radius 3 is 2.50 bits per heavy atom. The number of hydrogen-bond donors (Lipinski definition) is 3. The van der Waals surface area contributed by atoms with Crippen LogP contribution < -0.4 is 11.2 Å². The number of H-pyrrole nitrogens is 2. The number of fused-ring (bicyclic) bond motifs is 1. The van der Waals surface area contributed by atoms with Crippen molar-refractivity contribution in [3.05, 3.63) is 16.9 Å². The van der Waals surface area contributed by atoms with Gasteiger partial charge in [-0.05, 0) is 24.4 Å². The van der Waals surface area contributed by atoms with E-state index in [1.54, 1.807) is 12.1 Å². The number of nitrogen functional groups attached to an aromatic ring is 1. The molecule has 0 spiro atoms. The van der Waals surface area contributed by atoms with Crippen molar-refractivity contribution in [1.29, 1.82) is 0 Å². The summed E-state index contributed by atoms with van der Waals surface area (Å²) in [5.74, 6) is 0. The molecular weight excluding hydrogens is 169 g/mol. The van der Waals surface area contributed by atoms with E-state index in [1.807, 2.05) is 0 Å². The monoisotopic (exact) mass is 175 g/mol. The van der Waals surface area contributed by atoms with Crippen LogP contribution in [0.2, 0.25) is 0 Å². The maximum absolute atomic E-state index is 5.60. The summed E-state index contributed by atoms with van der Waals surface area (Å²) in [7, 11) is 5.60. The Morgan fingerprint density at radius 2 is 1.83 bits per heavy atom. The van der Waals surface area contributed by atoms with Gasteiger partial charge in [-0.1, -0.05) is 5.46 Å². The third-order valence-corrected chi connectivity index (χ3v) is 1.92. The Kier molecular flexibility index (Phi) is 1.47. The molecule has 2 aromatic rings. The molecule has 12 heavy (non-hydrogen) atoms. The zero-order valence-corrected chi connectivity index (χ0v) is 7.03. The zero-order valence-electron chi connectivity index (χ0n) is 6.22. The van der Waals surface area contributed by atoms with E-state index in [-0.39, 0.29) is 0 Å². The maximum atomic E-state index is 5.60. The zero-order chi connectivity index (χ0) is 8.72. The highest BCUT2D eigenvalue weighted by Gasteiger charge is 1.98. The van der Waals surface area contributed by atoms with Crippen LogP contribution in [0.25, 0.3) is 11.0 Å². The van der Waals surface area contributed by atoms with Crippen LogP contribution in [0.1, 0.15) is 0 Å². The average Bonchev–Trinajstić information content (AvgIpc) is 2.30. The Hall–Kier alpha value is -1.23. The summed E-state index contributed by atoms with van der Waals surface area (Å²) in [4.78, 5) is 5.90. The molecule has 2 rings (SSSR count). The van der Waals surface area contributed by atoms with Gasteiger partial charge in [0.15, 0.2) is 4.77 Å². The number of aromatic amines is 2. The number of rotatable bonds is 0. The van der Waals surface area contributed by atoms with Crippen LogP contribution in [0.3, 0.4) is 0 Å². The lowest BCUT2D eigenvalue weighted by molar-refractivity contribution is 1.30. The highest BCUT2D eigenvalue weighted by molar-refractivity contribution is 7.71. The van der Waals surface area contributed by atoms with E-state index >= 15 is 0 Å². The molecule has 0 fully saturated rings. The van der Waals surface area contributed by atoms with Gasteiger partial charge < -0.3 is 15.7 Å². The highest BCUT2D eigenvalue weighted by atomic mass is 32.1. The van der Waals surface area contributed by atoms with Crippen molar-refractivity contribution in [2.75, 3.05) is 5.73 Å². The number of imidazole rings is 1. The van der Waals surface area contributed by atoms with Gasteiger partial charge in [0.05, 0.1) is 11.0 Å². The standard InChI is InChI=1S/C7H6BN3S/c8-3-1-5-6(2-4(3)9)11-7(12)10-5/h1-2H,9H2,(H2,10,11,12). The van der Waals surface area contributed by atoms with Crippen LogP contribution in [-0.2, 0) is 0 Å². The molecule has 0 aliphatic heterocycles. The molecule has 1 heterocycles. The van der Waals surface area contributed by atoms with Crippen molar-refractivity contribution in [2.45, 2.75) is 0 Å². The summed E-state index contributed by atoms with van der Waals surface area (Å²) in [6.07, 6.45) is 0. The van der Waals surface area contributed by atoms with E-state index in [9.17, 15) is 0 Å². The van der Waals surface area contributed by atoms with Crippen LogP contribution >= 0.6 is 12.2 Å². The molecule has 4 N–H and O–H groups in total. The smallest absolute Gasteiger partial charge is 0.175 e. The predicted molar refractivity (Wildman–Crippen MR) is 53.3 cm³/mol. The lowest BCUT2D eigenvalue weighted by Gasteiger charge is -1.98. The lowest BCUT2D eigenvalue weighted by atomic mass is 9.94. The van der Waals surface area contributed by atoms with E-state index in [4.69, 9.17) is 25.8 Å². The van der Waals surface area contributed by atoms with E-state index in [1.165, 1.54) is 0 Å². The summed E-state index contributed by atoms with van der Waals surface area (Å²) in [5, 5.41) is 0. The number of anilines is 1. The number of hydrogen-bond acceptors (Lipinski definition) is 2. The molecule has 1 aromatic carbocycles. The minimum atomic E-state index is 0.563. The predicted octanol–water partition coefficient (Wildman–Crippen LogP) is 0.601. The quantitative estimate of drug-likeness (QED) is 0.312. The minimum absolute atomic E-state index is 0.563. The SMILES string of the molecule is [B]c1cc2[nH]c(=S)[nH]c2cc1N. The van der Waals surface area contributed by atoms with Gasteiger partial charge in [-0.25, -0.2) is 0 Å². The second kappa shape index (κ2) is 2.38. The number of nitrogens with two attached hydrogens (primary N) is 1. The third-order valence-electron chi connectivity index (χ3n) is 1.72. The van der Waals surface area contributed by atoms with E-state index in [2.05, 4.69) is 9.97 Å². The second-order valence-corrected chi connectivity index (χ2v) is 3.01. The van der Waals surface area contributed by atoms with Gasteiger partial charge in [0.1, 0.15) is 7.85 Å². The average molecular weight is 175 g/mol. The van der Waals surface area contributed by atoms with Crippen molar-refractivity contribution < 1.29 is 0 Å². The van der Waals surface area contributed by atoms with Crippen LogP contribution in [0.5, 0.6) is 0 Å². The normalized spacial score (nSPS) is 10.7. The van der Waals surface area contributed by atoms with Gasteiger partial charge in [-0.15, -0.1) is 0 Å². The minimum Gasteiger partial charge on any atom is -0.399 e. The Morgan fingerprint density at radius 1 is 1.25 bits per heavy atom. The van der Waals surface area contributed by atoms with Crippen LogP contribution in [0, 0.1) is 4.77 Å². The summed E-state index contributed by atoms with van der Waals surface area (Å²) < 4.78 is 0.579. The van der Waals surface area contributed by atoms with E-state index in [0.29, 0.717) is 15.9 Å². The maximum Gasteiger partial charge on any atom is 0.175 e. The molecule has 0 aliphatic rings. The molecular formula is C7H6BN3S. The molecule has 1 aromatic heterocycles. The first kappa shape index (κ1) is 7.43. The molecule has 0 saturated carbocycles. The largest absolute Gasteiger partial charge is 0.399 e. The van der Waals surface area contributed by atoms with Gasteiger partial charge in [0.25, 0.3) is 0 Å². The summed E-state index contributed by atoms with van der Waals surface area (Å²) >= 11 is 4.91. The van der Waals surface area contributed by atoms with Gasteiger partial charge in [0, 0.05) is 5.69 Å². The summed E-state index contributed by atoms with van der Waals surface area (Å²) in [6.45, 7) is 0. The van der Waals surface area contributed by atoms with Crippen molar-refractivity contribution >= 4 is 42.2 Å². The fraction of sp³-hybridized carbons (Fsp3) is 0. The number of aromatic nitrogens is 2. The summed E-state index contributed by atoms with van der Waals surface area (Å²) in [6, 6.07) is 3.52. The number of nitrogens with one attached hydrogen (secondary N) is 2. The van der Waals surface area contributed by atoms with Crippen molar-refractivity contribution in [3.8, 4) is 0 Å². The second-order valence-electron chi connectivity index (χ2n) is 2.61. The summed E-state index contributed by atoms with van der Waals surface area (Å²) in [5.41, 5.74) is 8.49. The highest BCUT2D eigenvalue weighted by Crippen LogP contribution is 2.10. The van der Waals surface area contributed by atoms with E-state index < -0.39 is 0 Å². The molecule has 58 valence electrons. The molecule has 0 bridgehead atoms. The molecule has 0 unspecified atom stereocenters. The first-order valence-electron chi connectivity index (χ1n) is 3.44. The topological polar surface area (TPSA) is 57.6 Å². The van der Waals surface area contributed by atoms with Crippen LogP contribution in [0.4, 0.5) is 5.69 Å². The van der Waals surface area contributed by atoms with Crippen LogP contribution in [0.15, 0.2) is 12.1 Å². The molecule has 0 aliphatic carbocycles. The molecule has 0 saturated heterocycles. The van der Waals surface area contributed by atoms with Crippen LogP contribution in [-0.4, -0.2) is 17.8 Å². The third kappa shape index (κ3) is 1.02. The Balaban J connectivity index is 2.92. The number of benzene rings is 1. The molecule has 0 amide bonds.